The lowest BCUT2D eigenvalue weighted by molar-refractivity contribution is -0.142. The van der Waals surface area contributed by atoms with Crippen LogP contribution >= 0.6 is 12.6 Å². The van der Waals surface area contributed by atoms with E-state index in [1.807, 2.05) is 66.7 Å². The standard InChI is InChI=1S/C24H24N2O3S/c27-23(21(16-30)13-17-5-2-1-3-6-17)26-22(24(28)29)14-18-8-10-19(11-9-18)20-7-4-12-25-15-20/h1-12,15,21-22,30H,13-14,16H2,(H,26,27)(H,28,29). The second-order valence-corrected chi connectivity index (χ2v) is 7.48. The molecule has 0 saturated carbocycles. The summed E-state index contributed by atoms with van der Waals surface area (Å²) in [6.07, 6.45) is 4.22. The summed E-state index contributed by atoms with van der Waals surface area (Å²) in [5, 5.41) is 12.3. The Bertz CT molecular complexity index is 963. The van der Waals surface area contributed by atoms with Crippen molar-refractivity contribution < 1.29 is 14.7 Å². The molecule has 2 unspecified atom stereocenters. The van der Waals surface area contributed by atoms with Gasteiger partial charge in [-0.15, -0.1) is 0 Å². The van der Waals surface area contributed by atoms with Crippen LogP contribution in [0.3, 0.4) is 0 Å². The monoisotopic (exact) mass is 420 g/mol. The average Bonchev–Trinajstić information content (AvgIpc) is 2.78. The van der Waals surface area contributed by atoms with Crippen LogP contribution in [0.25, 0.3) is 11.1 Å². The molecule has 2 aromatic carbocycles. The average molecular weight is 421 g/mol. The number of aromatic nitrogens is 1. The maximum absolute atomic E-state index is 12.7. The molecular weight excluding hydrogens is 396 g/mol. The van der Waals surface area contributed by atoms with Crippen molar-refractivity contribution in [2.45, 2.75) is 18.9 Å². The number of pyridine rings is 1. The molecule has 30 heavy (non-hydrogen) atoms. The van der Waals surface area contributed by atoms with Crippen molar-refractivity contribution in [3.63, 3.8) is 0 Å². The van der Waals surface area contributed by atoms with Crippen LogP contribution in [0, 0.1) is 5.92 Å². The molecule has 0 aliphatic carbocycles. The Morgan fingerprint density at radius 3 is 2.20 bits per heavy atom. The van der Waals surface area contributed by atoms with Crippen molar-refractivity contribution in [2.75, 3.05) is 5.75 Å². The lowest BCUT2D eigenvalue weighted by Crippen LogP contribution is -2.45. The van der Waals surface area contributed by atoms with Gasteiger partial charge in [0.2, 0.25) is 5.91 Å². The molecule has 2 atom stereocenters. The van der Waals surface area contributed by atoms with E-state index in [1.165, 1.54) is 0 Å². The van der Waals surface area contributed by atoms with E-state index in [0.29, 0.717) is 12.2 Å². The lowest BCUT2D eigenvalue weighted by Gasteiger charge is -2.19. The van der Waals surface area contributed by atoms with E-state index in [4.69, 9.17) is 0 Å². The van der Waals surface area contributed by atoms with Gasteiger partial charge in [-0.05, 0) is 34.7 Å². The zero-order chi connectivity index (χ0) is 21.3. The molecule has 3 aromatic rings. The summed E-state index contributed by atoms with van der Waals surface area (Å²) in [6.45, 7) is 0. The molecular formula is C24H24N2O3S. The SMILES string of the molecule is O=C(NC(Cc1ccc(-c2cccnc2)cc1)C(=O)O)C(CS)Cc1ccccc1. The van der Waals surface area contributed by atoms with E-state index >= 15 is 0 Å². The van der Waals surface area contributed by atoms with Gasteiger partial charge < -0.3 is 10.4 Å². The topological polar surface area (TPSA) is 79.3 Å². The second kappa shape index (κ2) is 10.6. The van der Waals surface area contributed by atoms with Crippen LogP contribution in [-0.4, -0.2) is 33.8 Å². The van der Waals surface area contributed by atoms with Gasteiger partial charge >= 0.3 is 5.97 Å². The third-order valence-electron chi connectivity index (χ3n) is 4.92. The normalized spacial score (nSPS) is 12.7. The van der Waals surface area contributed by atoms with Gasteiger partial charge in [0.05, 0.1) is 5.92 Å². The third kappa shape index (κ3) is 5.94. The number of hydrogen-bond acceptors (Lipinski definition) is 4. The quantitative estimate of drug-likeness (QED) is 0.462. The van der Waals surface area contributed by atoms with E-state index in [9.17, 15) is 14.7 Å². The van der Waals surface area contributed by atoms with Gasteiger partial charge in [0, 0.05) is 24.6 Å². The van der Waals surface area contributed by atoms with Crippen LogP contribution in [0.2, 0.25) is 0 Å². The maximum Gasteiger partial charge on any atom is 0.326 e. The molecule has 0 saturated heterocycles. The summed E-state index contributed by atoms with van der Waals surface area (Å²) in [7, 11) is 0. The molecule has 0 aliphatic heterocycles. The van der Waals surface area contributed by atoms with E-state index in [-0.39, 0.29) is 12.3 Å². The number of amides is 1. The number of carbonyl (C=O) groups is 2. The molecule has 6 heteroatoms. The first-order valence-corrected chi connectivity index (χ1v) is 10.4. The number of thiol groups is 1. The van der Waals surface area contributed by atoms with Gasteiger partial charge in [0.1, 0.15) is 6.04 Å². The Hall–Kier alpha value is -3.12. The first kappa shape index (κ1) is 21.6. The third-order valence-corrected chi connectivity index (χ3v) is 5.36. The smallest absolute Gasteiger partial charge is 0.326 e. The fourth-order valence-corrected chi connectivity index (χ4v) is 3.53. The molecule has 0 aliphatic rings. The number of carbonyl (C=O) groups excluding carboxylic acids is 1. The maximum atomic E-state index is 12.7. The highest BCUT2D eigenvalue weighted by molar-refractivity contribution is 7.80. The highest BCUT2D eigenvalue weighted by atomic mass is 32.1. The van der Waals surface area contributed by atoms with Crippen LogP contribution in [0.15, 0.2) is 79.1 Å². The minimum absolute atomic E-state index is 0.207. The zero-order valence-corrected chi connectivity index (χ0v) is 17.3. The number of nitrogens with zero attached hydrogens (tertiary/aromatic N) is 1. The predicted molar refractivity (Wildman–Crippen MR) is 120 cm³/mol. The molecule has 1 aromatic heterocycles. The van der Waals surface area contributed by atoms with Crippen molar-refractivity contribution in [3.05, 3.63) is 90.3 Å². The van der Waals surface area contributed by atoms with Crippen LogP contribution < -0.4 is 5.32 Å². The molecule has 2 N–H and O–H groups in total. The summed E-state index contributed by atoms with van der Waals surface area (Å²) < 4.78 is 0. The van der Waals surface area contributed by atoms with E-state index in [1.54, 1.807) is 12.4 Å². The Morgan fingerprint density at radius 1 is 0.900 bits per heavy atom. The van der Waals surface area contributed by atoms with Gasteiger partial charge in [0.25, 0.3) is 0 Å². The van der Waals surface area contributed by atoms with Crippen LogP contribution in [-0.2, 0) is 22.4 Å². The van der Waals surface area contributed by atoms with Gasteiger partial charge in [-0.3, -0.25) is 9.78 Å². The highest BCUT2D eigenvalue weighted by Gasteiger charge is 2.25. The molecule has 0 bridgehead atoms. The molecule has 1 heterocycles. The number of carboxylic acid groups (broad SMARTS) is 1. The highest BCUT2D eigenvalue weighted by Crippen LogP contribution is 2.19. The first-order valence-electron chi connectivity index (χ1n) is 9.74. The summed E-state index contributed by atoms with van der Waals surface area (Å²) in [6, 6.07) is 20.1. The minimum Gasteiger partial charge on any atom is -0.480 e. The zero-order valence-electron chi connectivity index (χ0n) is 16.4. The summed E-state index contributed by atoms with van der Waals surface area (Å²) in [5.74, 6) is -1.41. The number of rotatable bonds is 9. The molecule has 154 valence electrons. The number of nitrogens with one attached hydrogen (secondary N) is 1. The van der Waals surface area contributed by atoms with Gasteiger partial charge in [-0.1, -0.05) is 60.7 Å². The van der Waals surface area contributed by atoms with E-state index in [0.717, 1.165) is 22.3 Å². The summed E-state index contributed by atoms with van der Waals surface area (Å²) >= 11 is 4.29. The fourth-order valence-electron chi connectivity index (χ4n) is 3.23. The first-order chi connectivity index (χ1) is 14.6. The van der Waals surface area contributed by atoms with Crippen LogP contribution in [0.4, 0.5) is 0 Å². The molecule has 0 radical (unpaired) electrons. The number of benzene rings is 2. The van der Waals surface area contributed by atoms with E-state index in [2.05, 4.69) is 22.9 Å². The summed E-state index contributed by atoms with van der Waals surface area (Å²) in [5.41, 5.74) is 3.84. The van der Waals surface area contributed by atoms with Crippen LogP contribution in [0.5, 0.6) is 0 Å². The molecule has 3 rings (SSSR count). The van der Waals surface area contributed by atoms with Crippen molar-refractivity contribution in [2.24, 2.45) is 5.92 Å². The molecule has 0 fully saturated rings. The van der Waals surface area contributed by atoms with Crippen molar-refractivity contribution >= 4 is 24.5 Å². The lowest BCUT2D eigenvalue weighted by atomic mass is 9.98. The van der Waals surface area contributed by atoms with Crippen molar-refractivity contribution in [1.82, 2.24) is 10.3 Å². The predicted octanol–water partition coefficient (Wildman–Crippen LogP) is 3.65. The van der Waals surface area contributed by atoms with Gasteiger partial charge in [-0.25, -0.2) is 4.79 Å². The van der Waals surface area contributed by atoms with Crippen LogP contribution in [0.1, 0.15) is 11.1 Å². The Balaban J connectivity index is 1.65. The van der Waals surface area contributed by atoms with E-state index < -0.39 is 17.9 Å². The molecule has 0 spiro atoms. The number of hydrogen-bond donors (Lipinski definition) is 3. The Labute approximate surface area is 181 Å². The second-order valence-electron chi connectivity index (χ2n) is 7.11. The number of aliphatic carboxylic acids is 1. The summed E-state index contributed by atoms with van der Waals surface area (Å²) in [4.78, 5) is 28.6. The Kier molecular flexibility index (Phi) is 7.63. The minimum atomic E-state index is -1.06. The Morgan fingerprint density at radius 2 is 1.60 bits per heavy atom. The number of carboxylic acids is 1. The fraction of sp³-hybridized carbons (Fsp3) is 0.208. The van der Waals surface area contributed by atoms with Gasteiger partial charge in [-0.2, -0.15) is 12.6 Å². The van der Waals surface area contributed by atoms with Crippen molar-refractivity contribution in [3.8, 4) is 11.1 Å². The molecule has 1 amide bonds. The van der Waals surface area contributed by atoms with Crippen molar-refractivity contribution in [1.29, 1.82) is 0 Å². The largest absolute Gasteiger partial charge is 0.480 e. The molecule has 5 nitrogen and oxygen atoms in total. The van der Waals surface area contributed by atoms with Gasteiger partial charge in [0.15, 0.2) is 0 Å².